The van der Waals surface area contributed by atoms with Gasteiger partial charge in [0, 0.05) is 19.1 Å². The average Bonchev–Trinajstić information content (AvgIpc) is 2.87. The third kappa shape index (κ3) is 4.57. The summed E-state index contributed by atoms with van der Waals surface area (Å²) in [6.07, 6.45) is -3.15. The van der Waals surface area contributed by atoms with Crippen LogP contribution in [0.4, 0.5) is 13.2 Å². The molecular weight excluding hydrogens is 283 g/mol. The third-order valence-corrected chi connectivity index (χ3v) is 4.24. The van der Waals surface area contributed by atoms with E-state index in [0.29, 0.717) is 19.0 Å². The molecule has 124 valence electrons. The first-order chi connectivity index (χ1) is 9.71. The summed E-state index contributed by atoms with van der Waals surface area (Å²) < 4.78 is 39.4. The maximum absolute atomic E-state index is 13.1. The molecule has 0 aliphatic carbocycles. The highest BCUT2D eigenvalue weighted by Crippen LogP contribution is 2.43. The van der Waals surface area contributed by atoms with Crippen molar-refractivity contribution in [1.29, 1.82) is 0 Å². The molecule has 4 nitrogen and oxygen atoms in total. The fourth-order valence-corrected chi connectivity index (χ4v) is 2.37. The Hall–Kier alpha value is -0.820. The molecule has 1 amide bonds. The number of carbonyl (C=O) groups excluding carboxylic acids is 1. The minimum atomic E-state index is -4.50. The molecule has 21 heavy (non-hydrogen) atoms. The molecule has 1 saturated heterocycles. The lowest BCUT2D eigenvalue weighted by atomic mass is 9.85. The molecule has 1 fully saturated rings. The Balaban J connectivity index is 2.36. The summed E-state index contributed by atoms with van der Waals surface area (Å²) in [5.74, 6) is -0.891. The standard InChI is InChI=1S/C14H26F3N3O/c1-11(2)20(3)9-5-4-7-19-12(21)13(14(15,16)17)6-8-18-10-13/h11,18H,4-10H2,1-3H3,(H,19,21). The largest absolute Gasteiger partial charge is 0.404 e. The van der Waals surface area contributed by atoms with Crippen LogP contribution in [0, 0.1) is 5.41 Å². The molecule has 0 aromatic carbocycles. The van der Waals surface area contributed by atoms with E-state index in [1.54, 1.807) is 0 Å². The van der Waals surface area contributed by atoms with Crippen molar-refractivity contribution in [3.8, 4) is 0 Å². The molecule has 0 aromatic heterocycles. The molecule has 2 N–H and O–H groups in total. The van der Waals surface area contributed by atoms with Crippen molar-refractivity contribution in [3.05, 3.63) is 0 Å². The predicted octanol–water partition coefficient (Wildman–Crippen LogP) is 1.76. The van der Waals surface area contributed by atoms with Crippen LogP contribution >= 0.6 is 0 Å². The maximum atomic E-state index is 13.1. The lowest BCUT2D eigenvalue weighted by Gasteiger charge is -2.29. The summed E-state index contributed by atoms with van der Waals surface area (Å²) in [6.45, 7) is 5.25. The van der Waals surface area contributed by atoms with Gasteiger partial charge in [-0.1, -0.05) is 0 Å². The summed E-state index contributed by atoms with van der Waals surface area (Å²) in [4.78, 5) is 14.1. The highest BCUT2D eigenvalue weighted by atomic mass is 19.4. The number of nitrogens with one attached hydrogen (secondary N) is 2. The molecule has 0 spiro atoms. The van der Waals surface area contributed by atoms with Crippen LogP contribution in [0.2, 0.25) is 0 Å². The molecule has 1 rings (SSSR count). The lowest BCUT2D eigenvalue weighted by molar-refractivity contribution is -0.216. The van der Waals surface area contributed by atoms with Crippen molar-refractivity contribution in [2.24, 2.45) is 5.41 Å². The molecule has 1 unspecified atom stereocenters. The van der Waals surface area contributed by atoms with Crippen LogP contribution in [0.5, 0.6) is 0 Å². The monoisotopic (exact) mass is 309 g/mol. The topological polar surface area (TPSA) is 44.4 Å². The van der Waals surface area contributed by atoms with Gasteiger partial charge in [0.1, 0.15) is 0 Å². The fraction of sp³-hybridized carbons (Fsp3) is 0.929. The lowest BCUT2D eigenvalue weighted by Crippen LogP contribution is -2.52. The summed E-state index contributed by atoms with van der Waals surface area (Å²) >= 11 is 0. The van der Waals surface area contributed by atoms with Crippen LogP contribution in [0.1, 0.15) is 33.1 Å². The molecule has 0 saturated carbocycles. The van der Waals surface area contributed by atoms with Gasteiger partial charge in [-0.2, -0.15) is 13.2 Å². The Morgan fingerprint density at radius 2 is 2.05 bits per heavy atom. The number of amides is 1. The van der Waals surface area contributed by atoms with E-state index in [-0.39, 0.29) is 19.5 Å². The van der Waals surface area contributed by atoms with E-state index in [9.17, 15) is 18.0 Å². The van der Waals surface area contributed by atoms with E-state index in [2.05, 4.69) is 29.4 Å². The van der Waals surface area contributed by atoms with Crippen molar-refractivity contribution in [1.82, 2.24) is 15.5 Å². The number of hydrogen-bond acceptors (Lipinski definition) is 3. The zero-order valence-corrected chi connectivity index (χ0v) is 13.0. The maximum Gasteiger partial charge on any atom is 0.404 e. The van der Waals surface area contributed by atoms with Gasteiger partial charge in [-0.25, -0.2) is 0 Å². The Kier molecular flexibility index (Phi) is 6.46. The van der Waals surface area contributed by atoms with E-state index in [1.807, 2.05) is 7.05 Å². The highest BCUT2D eigenvalue weighted by molar-refractivity contribution is 5.84. The van der Waals surface area contributed by atoms with E-state index in [1.165, 1.54) is 0 Å². The van der Waals surface area contributed by atoms with Gasteiger partial charge in [0.15, 0.2) is 5.41 Å². The van der Waals surface area contributed by atoms with Crippen LogP contribution in [-0.4, -0.2) is 56.3 Å². The quantitative estimate of drug-likeness (QED) is 0.705. The Labute approximate surface area is 124 Å². The summed E-state index contributed by atoms with van der Waals surface area (Å²) in [7, 11) is 2.01. The number of halogens is 3. The van der Waals surface area contributed by atoms with Crippen LogP contribution in [0.3, 0.4) is 0 Å². The van der Waals surface area contributed by atoms with Crippen LogP contribution in [-0.2, 0) is 4.79 Å². The normalized spacial score (nSPS) is 23.0. The molecule has 0 bridgehead atoms. The van der Waals surface area contributed by atoms with Crippen molar-refractivity contribution in [2.45, 2.75) is 45.3 Å². The SMILES string of the molecule is CC(C)N(C)CCCCNC(=O)C1(C(F)(F)F)CCNC1. The van der Waals surface area contributed by atoms with Crippen molar-refractivity contribution in [3.63, 3.8) is 0 Å². The summed E-state index contributed by atoms with van der Waals surface area (Å²) in [5, 5.41) is 5.10. The van der Waals surface area contributed by atoms with Gasteiger partial charge < -0.3 is 15.5 Å². The Morgan fingerprint density at radius 1 is 1.38 bits per heavy atom. The smallest absolute Gasteiger partial charge is 0.355 e. The summed E-state index contributed by atoms with van der Waals surface area (Å²) in [6, 6.07) is 0.442. The van der Waals surface area contributed by atoms with Crippen molar-refractivity contribution in [2.75, 3.05) is 33.2 Å². The average molecular weight is 309 g/mol. The molecule has 7 heteroatoms. The van der Waals surface area contributed by atoms with Crippen LogP contribution in [0.25, 0.3) is 0 Å². The van der Waals surface area contributed by atoms with E-state index >= 15 is 0 Å². The molecular formula is C14H26F3N3O. The second-order valence-corrected chi connectivity index (χ2v) is 6.04. The minimum absolute atomic E-state index is 0.182. The molecule has 1 aliphatic rings. The van der Waals surface area contributed by atoms with Crippen molar-refractivity contribution >= 4 is 5.91 Å². The zero-order chi connectivity index (χ0) is 16.1. The van der Waals surface area contributed by atoms with Gasteiger partial charge in [0.2, 0.25) is 5.91 Å². The molecule has 0 radical (unpaired) electrons. The number of hydrogen-bond donors (Lipinski definition) is 2. The van der Waals surface area contributed by atoms with E-state index < -0.39 is 17.5 Å². The van der Waals surface area contributed by atoms with Gasteiger partial charge >= 0.3 is 6.18 Å². The first kappa shape index (κ1) is 18.2. The number of carbonyl (C=O) groups is 1. The van der Waals surface area contributed by atoms with Gasteiger partial charge in [-0.15, -0.1) is 0 Å². The fourth-order valence-electron chi connectivity index (χ4n) is 2.37. The minimum Gasteiger partial charge on any atom is -0.355 e. The molecule has 1 atom stereocenters. The Bertz CT molecular complexity index is 339. The van der Waals surface area contributed by atoms with Crippen LogP contribution < -0.4 is 10.6 Å². The number of nitrogens with zero attached hydrogens (tertiary/aromatic N) is 1. The number of unbranched alkanes of at least 4 members (excludes halogenated alkanes) is 1. The Morgan fingerprint density at radius 3 is 2.52 bits per heavy atom. The predicted molar refractivity (Wildman–Crippen MR) is 76.0 cm³/mol. The third-order valence-electron chi connectivity index (χ3n) is 4.24. The first-order valence-electron chi connectivity index (χ1n) is 7.47. The summed E-state index contributed by atoms with van der Waals surface area (Å²) in [5.41, 5.74) is -2.25. The van der Waals surface area contributed by atoms with Gasteiger partial charge in [-0.05, 0) is 53.2 Å². The highest BCUT2D eigenvalue weighted by Gasteiger charge is 2.61. The van der Waals surface area contributed by atoms with Gasteiger partial charge in [0.25, 0.3) is 0 Å². The molecule has 1 heterocycles. The molecule has 0 aromatic rings. The van der Waals surface area contributed by atoms with E-state index in [0.717, 1.165) is 13.0 Å². The zero-order valence-electron chi connectivity index (χ0n) is 13.0. The van der Waals surface area contributed by atoms with Crippen LogP contribution in [0.15, 0.2) is 0 Å². The number of rotatable bonds is 7. The second kappa shape index (κ2) is 7.45. The molecule has 1 aliphatic heterocycles. The second-order valence-electron chi connectivity index (χ2n) is 6.04. The van der Waals surface area contributed by atoms with E-state index in [4.69, 9.17) is 0 Å². The van der Waals surface area contributed by atoms with Gasteiger partial charge in [0.05, 0.1) is 0 Å². The first-order valence-corrected chi connectivity index (χ1v) is 7.47. The van der Waals surface area contributed by atoms with Gasteiger partial charge in [-0.3, -0.25) is 4.79 Å². The van der Waals surface area contributed by atoms with Crippen molar-refractivity contribution < 1.29 is 18.0 Å². The number of alkyl halides is 3.